The first-order valence-corrected chi connectivity index (χ1v) is 7.38. The number of rotatable bonds is 5. The van der Waals surface area contributed by atoms with Crippen LogP contribution in [0.3, 0.4) is 0 Å². The highest BCUT2D eigenvalue weighted by Crippen LogP contribution is 2.30. The molecule has 3 heteroatoms. The fourth-order valence-electron chi connectivity index (χ4n) is 2.85. The highest BCUT2D eigenvalue weighted by molar-refractivity contribution is 5.76. The second kappa shape index (κ2) is 6.55. The Labute approximate surface area is 112 Å². The number of carbonyl (C=O) groups excluding carboxylic acids is 1. The average Bonchev–Trinajstić information content (AvgIpc) is 2.26. The van der Waals surface area contributed by atoms with E-state index in [0.29, 0.717) is 24.3 Å². The van der Waals surface area contributed by atoms with Crippen LogP contribution in [0.2, 0.25) is 0 Å². The summed E-state index contributed by atoms with van der Waals surface area (Å²) in [7, 11) is 0. The Morgan fingerprint density at radius 2 is 1.94 bits per heavy atom. The van der Waals surface area contributed by atoms with Crippen molar-refractivity contribution in [2.45, 2.75) is 77.8 Å². The van der Waals surface area contributed by atoms with E-state index >= 15 is 0 Å². The summed E-state index contributed by atoms with van der Waals surface area (Å²) < 4.78 is 0. The SMILES string of the molecule is CC(C)C1CCCCC1NC(=O)CCC(C)(C)N. The second-order valence-electron chi connectivity index (χ2n) is 6.85. The van der Waals surface area contributed by atoms with Gasteiger partial charge in [-0.2, -0.15) is 0 Å². The van der Waals surface area contributed by atoms with Crippen LogP contribution in [0.25, 0.3) is 0 Å². The maximum atomic E-state index is 12.0. The van der Waals surface area contributed by atoms with Crippen LogP contribution in [0, 0.1) is 11.8 Å². The molecule has 2 atom stereocenters. The molecule has 1 amide bonds. The molecule has 2 unspecified atom stereocenters. The molecule has 1 aliphatic carbocycles. The molecule has 106 valence electrons. The number of carbonyl (C=O) groups is 1. The summed E-state index contributed by atoms with van der Waals surface area (Å²) in [6, 6.07) is 0.382. The topological polar surface area (TPSA) is 55.1 Å². The third-order valence-electron chi connectivity index (χ3n) is 4.02. The van der Waals surface area contributed by atoms with Crippen molar-refractivity contribution >= 4 is 5.91 Å². The Kier molecular flexibility index (Phi) is 5.64. The van der Waals surface area contributed by atoms with Gasteiger partial charge in [0.05, 0.1) is 0 Å². The summed E-state index contributed by atoms with van der Waals surface area (Å²) in [5.74, 6) is 1.47. The van der Waals surface area contributed by atoms with Crippen LogP contribution in [0.4, 0.5) is 0 Å². The number of nitrogens with one attached hydrogen (secondary N) is 1. The maximum absolute atomic E-state index is 12.0. The van der Waals surface area contributed by atoms with E-state index in [4.69, 9.17) is 5.73 Å². The molecule has 0 aromatic rings. The minimum atomic E-state index is -0.249. The van der Waals surface area contributed by atoms with Gasteiger partial charge in [-0.05, 0) is 44.9 Å². The summed E-state index contributed by atoms with van der Waals surface area (Å²) in [5.41, 5.74) is 5.66. The fourth-order valence-corrected chi connectivity index (χ4v) is 2.85. The van der Waals surface area contributed by atoms with Crippen LogP contribution < -0.4 is 11.1 Å². The van der Waals surface area contributed by atoms with Crippen LogP contribution in [0.1, 0.15) is 66.2 Å². The molecule has 0 spiro atoms. The lowest BCUT2D eigenvalue weighted by Crippen LogP contribution is -2.44. The van der Waals surface area contributed by atoms with Gasteiger partial charge in [-0.3, -0.25) is 4.79 Å². The normalized spacial score (nSPS) is 25.2. The Hall–Kier alpha value is -0.570. The van der Waals surface area contributed by atoms with E-state index in [1.807, 2.05) is 13.8 Å². The molecule has 0 saturated heterocycles. The monoisotopic (exact) mass is 254 g/mol. The predicted molar refractivity (Wildman–Crippen MR) is 76.2 cm³/mol. The Morgan fingerprint density at radius 3 is 2.50 bits per heavy atom. The van der Waals surface area contributed by atoms with Crippen molar-refractivity contribution in [1.29, 1.82) is 0 Å². The number of amides is 1. The van der Waals surface area contributed by atoms with E-state index in [1.165, 1.54) is 19.3 Å². The minimum absolute atomic E-state index is 0.172. The van der Waals surface area contributed by atoms with Crippen molar-refractivity contribution in [3.8, 4) is 0 Å². The number of hydrogen-bond acceptors (Lipinski definition) is 2. The minimum Gasteiger partial charge on any atom is -0.353 e. The quantitative estimate of drug-likeness (QED) is 0.792. The third-order valence-corrected chi connectivity index (χ3v) is 4.02. The van der Waals surface area contributed by atoms with Crippen LogP contribution in [0.15, 0.2) is 0 Å². The first kappa shape index (κ1) is 15.5. The molecule has 3 N–H and O–H groups in total. The standard InChI is InChI=1S/C15H30N2O/c1-11(2)12-7-5-6-8-13(12)17-14(18)9-10-15(3,4)16/h11-13H,5-10,16H2,1-4H3,(H,17,18). The largest absolute Gasteiger partial charge is 0.353 e. The van der Waals surface area contributed by atoms with Gasteiger partial charge >= 0.3 is 0 Å². The van der Waals surface area contributed by atoms with E-state index in [1.54, 1.807) is 0 Å². The zero-order valence-corrected chi connectivity index (χ0v) is 12.5. The van der Waals surface area contributed by atoms with Crippen LogP contribution in [-0.4, -0.2) is 17.5 Å². The Balaban J connectivity index is 2.41. The van der Waals surface area contributed by atoms with Gasteiger partial charge < -0.3 is 11.1 Å². The molecule has 3 nitrogen and oxygen atoms in total. The van der Waals surface area contributed by atoms with Crippen molar-refractivity contribution < 1.29 is 4.79 Å². The molecule has 0 heterocycles. The van der Waals surface area contributed by atoms with Crippen molar-refractivity contribution in [2.24, 2.45) is 17.6 Å². The van der Waals surface area contributed by atoms with Crippen LogP contribution >= 0.6 is 0 Å². The molecule has 0 aromatic heterocycles. The predicted octanol–water partition coefficient (Wildman–Crippen LogP) is 2.83. The fraction of sp³-hybridized carbons (Fsp3) is 0.933. The molecule has 0 radical (unpaired) electrons. The highest BCUT2D eigenvalue weighted by Gasteiger charge is 2.28. The molecule has 1 aliphatic rings. The molecular formula is C15H30N2O. The smallest absolute Gasteiger partial charge is 0.220 e. The van der Waals surface area contributed by atoms with Gasteiger partial charge in [0, 0.05) is 18.0 Å². The van der Waals surface area contributed by atoms with E-state index in [2.05, 4.69) is 19.2 Å². The van der Waals surface area contributed by atoms with Crippen molar-refractivity contribution in [3.05, 3.63) is 0 Å². The van der Waals surface area contributed by atoms with E-state index in [9.17, 15) is 4.79 Å². The van der Waals surface area contributed by atoms with Gasteiger partial charge in [0.1, 0.15) is 0 Å². The summed E-state index contributed by atoms with van der Waals surface area (Å²) in [6.45, 7) is 8.46. The zero-order valence-electron chi connectivity index (χ0n) is 12.5. The Bertz CT molecular complexity index is 268. The first-order valence-electron chi connectivity index (χ1n) is 7.38. The average molecular weight is 254 g/mol. The zero-order chi connectivity index (χ0) is 13.8. The summed E-state index contributed by atoms with van der Waals surface area (Å²) in [6.07, 6.45) is 6.25. The highest BCUT2D eigenvalue weighted by atomic mass is 16.1. The molecular weight excluding hydrogens is 224 g/mol. The molecule has 0 bridgehead atoms. The summed E-state index contributed by atoms with van der Waals surface area (Å²) in [5, 5.41) is 3.23. The van der Waals surface area contributed by atoms with Gasteiger partial charge in [0.15, 0.2) is 0 Å². The molecule has 1 fully saturated rings. The van der Waals surface area contributed by atoms with Crippen LogP contribution in [0.5, 0.6) is 0 Å². The molecule has 1 saturated carbocycles. The molecule has 0 aliphatic heterocycles. The van der Waals surface area contributed by atoms with Crippen molar-refractivity contribution in [2.75, 3.05) is 0 Å². The Morgan fingerprint density at radius 1 is 1.33 bits per heavy atom. The first-order chi connectivity index (χ1) is 8.29. The van der Waals surface area contributed by atoms with Gasteiger partial charge in [-0.15, -0.1) is 0 Å². The van der Waals surface area contributed by atoms with Gasteiger partial charge in [0.25, 0.3) is 0 Å². The van der Waals surface area contributed by atoms with Gasteiger partial charge in [0.2, 0.25) is 5.91 Å². The van der Waals surface area contributed by atoms with E-state index in [0.717, 1.165) is 12.8 Å². The lowest BCUT2D eigenvalue weighted by Gasteiger charge is -2.35. The summed E-state index contributed by atoms with van der Waals surface area (Å²) in [4.78, 5) is 12.0. The lowest BCUT2D eigenvalue weighted by atomic mass is 9.78. The van der Waals surface area contributed by atoms with Crippen molar-refractivity contribution in [1.82, 2.24) is 5.32 Å². The maximum Gasteiger partial charge on any atom is 0.220 e. The van der Waals surface area contributed by atoms with Gasteiger partial charge in [-0.1, -0.05) is 26.7 Å². The number of hydrogen-bond donors (Lipinski definition) is 2. The second-order valence-corrected chi connectivity index (χ2v) is 6.85. The third kappa shape index (κ3) is 5.38. The van der Waals surface area contributed by atoms with Crippen LogP contribution in [-0.2, 0) is 4.79 Å². The summed E-state index contributed by atoms with van der Waals surface area (Å²) >= 11 is 0. The molecule has 0 aromatic carbocycles. The number of nitrogens with two attached hydrogens (primary N) is 1. The van der Waals surface area contributed by atoms with E-state index < -0.39 is 0 Å². The lowest BCUT2D eigenvalue weighted by molar-refractivity contribution is -0.122. The molecule has 18 heavy (non-hydrogen) atoms. The van der Waals surface area contributed by atoms with Gasteiger partial charge in [-0.25, -0.2) is 0 Å². The van der Waals surface area contributed by atoms with Crippen molar-refractivity contribution in [3.63, 3.8) is 0 Å². The van der Waals surface area contributed by atoms with E-state index in [-0.39, 0.29) is 11.4 Å². The molecule has 1 rings (SSSR count).